The number of hydrogen-bond acceptors (Lipinski definition) is 4. The minimum absolute atomic E-state index is 0.0203. The molecule has 0 aliphatic carbocycles. The van der Waals surface area contributed by atoms with Gasteiger partial charge in [-0.15, -0.1) is 6.58 Å². The molecule has 0 radical (unpaired) electrons. The number of thioether (sulfide) groups is 1. The maximum Gasteiger partial charge on any atom is 0.240 e. The lowest BCUT2D eigenvalue weighted by Crippen LogP contribution is -2.28. The van der Waals surface area contributed by atoms with Crippen molar-refractivity contribution < 1.29 is 9.59 Å². The van der Waals surface area contributed by atoms with E-state index in [1.165, 1.54) is 11.8 Å². The summed E-state index contributed by atoms with van der Waals surface area (Å²) >= 11 is 13.1. The van der Waals surface area contributed by atoms with Crippen LogP contribution in [-0.4, -0.2) is 28.8 Å². The van der Waals surface area contributed by atoms with Crippen molar-refractivity contribution in [1.29, 1.82) is 0 Å². The summed E-state index contributed by atoms with van der Waals surface area (Å²) in [6.07, 6.45) is 1.65. The first-order valence-electron chi connectivity index (χ1n) is 6.38. The molecule has 0 bridgehead atoms. The Bertz CT molecular complexity index is 649. The Hall–Kier alpha value is -1.50. The summed E-state index contributed by atoms with van der Waals surface area (Å²) in [7, 11) is 0. The Morgan fingerprint density at radius 1 is 1.50 bits per heavy atom. The topological polar surface area (TPSA) is 70.6 Å². The van der Waals surface area contributed by atoms with Gasteiger partial charge in [-0.3, -0.25) is 14.6 Å². The van der Waals surface area contributed by atoms with Crippen LogP contribution in [0.1, 0.15) is 6.42 Å². The van der Waals surface area contributed by atoms with Gasteiger partial charge in [-0.1, -0.05) is 47.1 Å². The number of amides is 2. The highest BCUT2D eigenvalue weighted by Crippen LogP contribution is 2.30. The Morgan fingerprint density at radius 3 is 3.00 bits per heavy atom. The van der Waals surface area contributed by atoms with Crippen molar-refractivity contribution in [3.8, 4) is 0 Å². The highest BCUT2D eigenvalue weighted by molar-refractivity contribution is 8.15. The number of amidine groups is 1. The van der Waals surface area contributed by atoms with Crippen LogP contribution in [0.5, 0.6) is 0 Å². The normalized spacial score (nSPS) is 19.1. The number of aliphatic imine (C=N–C) groups is 1. The third-order valence-electron chi connectivity index (χ3n) is 2.74. The van der Waals surface area contributed by atoms with Gasteiger partial charge < -0.3 is 10.6 Å². The molecule has 1 atom stereocenters. The maximum absolute atomic E-state index is 12.0. The number of rotatable bonds is 5. The fourth-order valence-electron chi connectivity index (χ4n) is 1.73. The van der Waals surface area contributed by atoms with E-state index >= 15 is 0 Å². The Morgan fingerprint density at radius 2 is 2.27 bits per heavy atom. The monoisotopic (exact) mass is 357 g/mol. The number of hydrogen-bond donors (Lipinski definition) is 2. The molecular weight excluding hydrogens is 345 g/mol. The van der Waals surface area contributed by atoms with Crippen LogP contribution in [0.2, 0.25) is 10.0 Å². The minimum Gasteiger partial charge on any atom is -0.325 e. The number of anilines is 1. The summed E-state index contributed by atoms with van der Waals surface area (Å²) < 4.78 is 0. The first-order valence-corrected chi connectivity index (χ1v) is 8.01. The molecule has 1 saturated heterocycles. The average Bonchev–Trinajstić information content (AvgIpc) is 2.82. The fraction of sp³-hybridized carbons (Fsp3) is 0.214. The summed E-state index contributed by atoms with van der Waals surface area (Å²) in [6, 6.07) is 4.95. The van der Waals surface area contributed by atoms with Crippen LogP contribution in [0.4, 0.5) is 5.69 Å². The molecule has 0 saturated carbocycles. The van der Waals surface area contributed by atoms with E-state index < -0.39 is 5.25 Å². The second kappa shape index (κ2) is 7.67. The Kier molecular flexibility index (Phi) is 5.88. The molecule has 2 N–H and O–H groups in total. The third kappa shape index (κ3) is 4.25. The molecular formula is C14H13Cl2N3O2S. The second-order valence-corrected chi connectivity index (χ2v) is 6.36. The zero-order chi connectivity index (χ0) is 16.1. The second-order valence-electron chi connectivity index (χ2n) is 4.38. The molecule has 1 aliphatic heterocycles. The van der Waals surface area contributed by atoms with Crippen LogP contribution >= 0.6 is 35.0 Å². The van der Waals surface area contributed by atoms with Gasteiger partial charge in [0.1, 0.15) is 5.25 Å². The van der Waals surface area contributed by atoms with E-state index in [1.54, 1.807) is 24.3 Å². The van der Waals surface area contributed by atoms with Gasteiger partial charge in [0.05, 0.1) is 22.3 Å². The summed E-state index contributed by atoms with van der Waals surface area (Å²) in [4.78, 5) is 27.9. The molecule has 1 fully saturated rings. The van der Waals surface area contributed by atoms with Gasteiger partial charge in [0.25, 0.3) is 0 Å². The fourth-order valence-corrected chi connectivity index (χ4v) is 3.06. The molecule has 1 aromatic carbocycles. The molecule has 2 amide bonds. The van der Waals surface area contributed by atoms with Crippen LogP contribution in [0.15, 0.2) is 35.8 Å². The number of nitrogens with zero attached hydrogens (tertiary/aromatic N) is 1. The number of carbonyl (C=O) groups excluding carboxylic acids is 2. The predicted octanol–water partition coefficient (Wildman–Crippen LogP) is 3.10. The number of benzene rings is 1. The molecule has 1 heterocycles. The number of carbonyl (C=O) groups is 2. The van der Waals surface area contributed by atoms with E-state index in [-0.39, 0.29) is 23.3 Å². The molecule has 0 aromatic heterocycles. The van der Waals surface area contributed by atoms with Crippen LogP contribution in [-0.2, 0) is 9.59 Å². The first kappa shape index (κ1) is 16.9. The molecule has 5 nitrogen and oxygen atoms in total. The summed E-state index contributed by atoms with van der Waals surface area (Å²) in [5.41, 5.74) is 0.420. The highest BCUT2D eigenvalue weighted by Gasteiger charge is 2.32. The summed E-state index contributed by atoms with van der Waals surface area (Å²) in [5.74, 6) is -0.554. The lowest BCUT2D eigenvalue weighted by Gasteiger charge is -2.09. The van der Waals surface area contributed by atoms with Gasteiger partial charge in [-0.2, -0.15) is 0 Å². The number of nitrogens with one attached hydrogen (secondary N) is 2. The quantitative estimate of drug-likeness (QED) is 0.795. The van der Waals surface area contributed by atoms with Gasteiger partial charge in [0.15, 0.2) is 5.17 Å². The van der Waals surface area contributed by atoms with Crippen LogP contribution in [0, 0.1) is 0 Å². The van der Waals surface area contributed by atoms with Gasteiger partial charge in [-0.25, -0.2) is 0 Å². The van der Waals surface area contributed by atoms with Crippen molar-refractivity contribution in [2.45, 2.75) is 11.7 Å². The summed E-state index contributed by atoms with van der Waals surface area (Å²) in [5, 5.41) is 5.90. The highest BCUT2D eigenvalue weighted by atomic mass is 35.5. The molecule has 116 valence electrons. The van der Waals surface area contributed by atoms with Gasteiger partial charge in [0.2, 0.25) is 11.8 Å². The maximum atomic E-state index is 12.0. The van der Waals surface area contributed by atoms with Crippen LogP contribution in [0.3, 0.4) is 0 Å². The molecule has 1 aliphatic rings. The van der Waals surface area contributed by atoms with Crippen molar-refractivity contribution in [1.82, 2.24) is 5.32 Å². The molecule has 2 rings (SSSR count). The van der Waals surface area contributed by atoms with Crippen molar-refractivity contribution >= 4 is 57.6 Å². The molecule has 1 aromatic rings. The lowest BCUT2D eigenvalue weighted by molar-refractivity contribution is -0.122. The zero-order valence-electron chi connectivity index (χ0n) is 11.4. The molecule has 8 heteroatoms. The van der Waals surface area contributed by atoms with Gasteiger partial charge >= 0.3 is 0 Å². The van der Waals surface area contributed by atoms with E-state index in [1.807, 2.05) is 0 Å². The molecule has 22 heavy (non-hydrogen) atoms. The zero-order valence-corrected chi connectivity index (χ0v) is 13.8. The molecule has 0 unspecified atom stereocenters. The third-order valence-corrected chi connectivity index (χ3v) is 4.68. The van der Waals surface area contributed by atoms with E-state index in [0.717, 1.165) is 0 Å². The van der Waals surface area contributed by atoms with Crippen molar-refractivity contribution in [2.24, 2.45) is 4.99 Å². The van der Waals surface area contributed by atoms with Gasteiger partial charge in [0, 0.05) is 6.42 Å². The standard InChI is InChI=1S/C14H13Cl2N3O2S/c1-2-6-17-14-19-13(21)10(22-14)7-11(20)18-9-5-3-4-8(15)12(9)16/h2-5,10H,1,6-7H2,(H,18,20)(H,17,19,21)/t10-/m1/s1. The average molecular weight is 358 g/mol. The van der Waals surface area contributed by atoms with Crippen LogP contribution in [0.25, 0.3) is 0 Å². The predicted molar refractivity (Wildman–Crippen MR) is 91.7 cm³/mol. The van der Waals surface area contributed by atoms with Crippen molar-refractivity contribution in [3.05, 3.63) is 40.9 Å². The van der Waals surface area contributed by atoms with E-state index in [4.69, 9.17) is 23.2 Å². The SMILES string of the molecule is C=CCN=C1NC(=O)[C@@H](CC(=O)Nc2cccc(Cl)c2Cl)S1. The van der Waals surface area contributed by atoms with Gasteiger partial charge in [-0.05, 0) is 12.1 Å². The summed E-state index contributed by atoms with van der Waals surface area (Å²) in [6.45, 7) is 3.97. The van der Waals surface area contributed by atoms with Crippen molar-refractivity contribution in [3.63, 3.8) is 0 Å². The van der Waals surface area contributed by atoms with Crippen molar-refractivity contribution in [2.75, 3.05) is 11.9 Å². The van der Waals surface area contributed by atoms with E-state index in [9.17, 15) is 9.59 Å². The Balaban J connectivity index is 1.96. The lowest BCUT2D eigenvalue weighted by atomic mass is 10.2. The smallest absolute Gasteiger partial charge is 0.240 e. The number of halogens is 2. The minimum atomic E-state index is -0.512. The van der Waals surface area contributed by atoms with E-state index in [0.29, 0.717) is 22.4 Å². The first-order chi connectivity index (χ1) is 10.5. The molecule has 0 spiro atoms. The Labute approximate surface area is 142 Å². The van der Waals surface area contributed by atoms with E-state index in [2.05, 4.69) is 22.2 Å². The van der Waals surface area contributed by atoms with Crippen LogP contribution < -0.4 is 10.6 Å². The largest absolute Gasteiger partial charge is 0.325 e.